The van der Waals surface area contributed by atoms with Gasteiger partial charge in [0.05, 0.1) is 24.1 Å². The Morgan fingerprint density at radius 1 is 0.833 bits per heavy atom. The molecule has 1 aliphatic heterocycles. The molecule has 0 saturated carbocycles. The summed E-state index contributed by atoms with van der Waals surface area (Å²) in [6.07, 6.45) is 0. The van der Waals surface area contributed by atoms with Crippen LogP contribution in [0.4, 0.5) is 11.4 Å². The zero-order valence-electron chi connectivity index (χ0n) is 17.1. The summed E-state index contributed by atoms with van der Waals surface area (Å²) in [7, 11) is 1.57. The minimum atomic E-state index is -0.392. The van der Waals surface area contributed by atoms with E-state index in [1.165, 1.54) is 4.90 Å². The SMILES string of the molecule is COc1ccc(C)cc1NC1=C(c2ccccc2)C(=O)N(c2ccccc2C)C1=O. The minimum absolute atomic E-state index is 0.235. The second-order valence-electron chi connectivity index (χ2n) is 7.18. The van der Waals surface area contributed by atoms with Crippen LogP contribution in [0.1, 0.15) is 16.7 Å². The van der Waals surface area contributed by atoms with Crippen molar-refractivity contribution in [3.63, 3.8) is 0 Å². The number of ether oxygens (including phenoxy) is 1. The van der Waals surface area contributed by atoms with Gasteiger partial charge in [-0.1, -0.05) is 54.6 Å². The lowest BCUT2D eigenvalue weighted by Gasteiger charge is -2.18. The number of carbonyl (C=O) groups is 2. The molecule has 0 saturated heterocycles. The first-order valence-corrected chi connectivity index (χ1v) is 9.67. The number of benzene rings is 3. The van der Waals surface area contributed by atoms with E-state index >= 15 is 0 Å². The maximum absolute atomic E-state index is 13.5. The Bertz CT molecular complexity index is 1170. The molecule has 0 unspecified atom stereocenters. The van der Waals surface area contributed by atoms with Crippen LogP contribution in [0.2, 0.25) is 0 Å². The molecule has 4 rings (SSSR count). The van der Waals surface area contributed by atoms with Crippen molar-refractivity contribution in [1.82, 2.24) is 0 Å². The van der Waals surface area contributed by atoms with Gasteiger partial charge in [-0.15, -0.1) is 0 Å². The highest BCUT2D eigenvalue weighted by molar-refractivity contribution is 6.46. The third kappa shape index (κ3) is 3.35. The molecule has 0 aromatic heterocycles. The molecule has 2 amide bonds. The van der Waals surface area contributed by atoms with E-state index in [9.17, 15) is 9.59 Å². The number of hydrogen-bond donors (Lipinski definition) is 1. The Hall–Kier alpha value is -3.86. The number of rotatable bonds is 5. The third-order valence-corrected chi connectivity index (χ3v) is 5.12. The van der Waals surface area contributed by atoms with Crippen LogP contribution in [-0.2, 0) is 9.59 Å². The van der Waals surface area contributed by atoms with Gasteiger partial charge in [0.25, 0.3) is 11.8 Å². The molecule has 0 spiro atoms. The van der Waals surface area contributed by atoms with Crippen LogP contribution in [0.3, 0.4) is 0 Å². The lowest BCUT2D eigenvalue weighted by atomic mass is 10.0. The number of imide groups is 1. The summed E-state index contributed by atoms with van der Waals surface area (Å²) < 4.78 is 5.45. The van der Waals surface area contributed by atoms with Gasteiger partial charge in [-0.25, -0.2) is 4.90 Å². The molecule has 30 heavy (non-hydrogen) atoms. The molecule has 0 atom stereocenters. The van der Waals surface area contributed by atoms with Crippen molar-refractivity contribution in [1.29, 1.82) is 0 Å². The van der Waals surface area contributed by atoms with Gasteiger partial charge in [0, 0.05) is 0 Å². The van der Waals surface area contributed by atoms with Gasteiger partial charge >= 0.3 is 0 Å². The second kappa shape index (κ2) is 7.87. The smallest absolute Gasteiger partial charge is 0.282 e. The Morgan fingerprint density at radius 2 is 1.53 bits per heavy atom. The number of nitrogens with zero attached hydrogens (tertiary/aromatic N) is 1. The second-order valence-corrected chi connectivity index (χ2v) is 7.18. The number of methoxy groups -OCH3 is 1. The first kappa shape index (κ1) is 19.5. The normalized spacial score (nSPS) is 13.8. The maximum atomic E-state index is 13.5. The first-order chi connectivity index (χ1) is 14.5. The van der Waals surface area contributed by atoms with Gasteiger partial charge in [0.1, 0.15) is 11.4 Å². The predicted molar refractivity (Wildman–Crippen MR) is 118 cm³/mol. The van der Waals surface area contributed by atoms with Crippen LogP contribution in [0.5, 0.6) is 5.75 Å². The molecule has 0 bridgehead atoms. The number of carbonyl (C=O) groups excluding carboxylic acids is 2. The van der Waals surface area contributed by atoms with E-state index in [1.807, 2.05) is 80.6 Å². The minimum Gasteiger partial charge on any atom is -0.495 e. The summed E-state index contributed by atoms with van der Waals surface area (Å²) in [5.74, 6) is -0.151. The van der Waals surface area contributed by atoms with E-state index in [1.54, 1.807) is 13.2 Å². The average Bonchev–Trinajstić information content (AvgIpc) is 2.99. The molecule has 0 aliphatic carbocycles. The summed E-state index contributed by atoms with van der Waals surface area (Å²) in [4.78, 5) is 28.2. The number of hydrogen-bond acceptors (Lipinski definition) is 4. The molecule has 5 heteroatoms. The molecule has 5 nitrogen and oxygen atoms in total. The molecular formula is C25H22N2O3. The van der Waals surface area contributed by atoms with Gasteiger partial charge in [-0.05, 0) is 48.7 Å². The van der Waals surface area contributed by atoms with Gasteiger partial charge in [0.2, 0.25) is 0 Å². The van der Waals surface area contributed by atoms with Crippen molar-refractivity contribution in [2.24, 2.45) is 0 Å². The summed E-state index contributed by atoms with van der Waals surface area (Å²) in [6, 6.07) is 22.3. The highest BCUT2D eigenvalue weighted by Crippen LogP contribution is 2.36. The van der Waals surface area contributed by atoms with Crippen molar-refractivity contribution >= 4 is 28.8 Å². The monoisotopic (exact) mass is 398 g/mol. The first-order valence-electron chi connectivity index (χ1n) is 9.67. The molecule has 3 aromatic carbocycles. The highest BCUT2D eigenvalue weighted by atomic mass is 16.5. The summed E-state index contributed by atoms with van der Waals surface area (Å²) in [5, 5.41) is 3.19. The van der Waals surface area contributed by atoms with E-state index < -0.39 is 5.91 Å². The number of anilines is 2. The van der Waals surface area contributed by atoms with Gasteiger partial charge < -0.3 is 10.1 Å². The lowest BCUT2D eigenvalue weighted by molar-refractivity contribution is -0.120. The molecular weight excluding hydrogens is 376 g/mol. The van der Waals surface area contributed by atoms with Gasteiger partial charge in [-0.2, -0.15) is 0 Å². The Labute approximate surface area is 175 Å². The van der Waals surface area contributed by atoms with Crippen molar-refractivity contribution in [3.8, 4) is 5.75 Å². The van der Waals surface area contributed by atoms with Crippen LogP contribution in [0, 0.1) is 13.8 Å². The molecule has 150 valence electrons. The van der Waals surface area contributed by atoms with Gasteiger partial charge in [0.15, 0.2) is 0 Å². The zero-order valence-corrected chi connectivity index (χ0v) is 17.1. The maximum Gasteiger partial charge on any atom is 0.282 e. The molecule has 0 radical (unpaired) electrons. The molecule has 1 aliphatic rings. The lowest BCUT2D eigenvalue weighted by Crippen LogP contribution is -2.33. The van der Waals surface area contributed by atoms with Crippen LogP contribution in [-0.4, -0.2) is 18.9 Å². The van der Waals surface area contributed by atoms with Crippen LogP contribution in [0.15, 0.2) is 78.5 Å². The molecule has 1 N–H and O–H groups in total. The fraction of sp³-hybridized carbons (Fsp3) is 0.120. The number of aryl methyl sites for hydroxylation is 2. The summed E-state index contributed by atoms with van der Waals surface area (Å²) >= 11 is 0. The molecule has 3 aromatic rings. The molecule has 0 fully saturated rings. The predicted octanol–water partition coefficient (Wildman–Crippen LogP) is 4.71. The van der Waals surface area contributed by atoms with Crippen LogP contribution in [0.25, 0.3) is 5.57 Å². The van der Waals surface area contributed by atoms with E-state index in [2.05, 4.69) is 5.32 Å². The Balaban J connectivity index is 1.87. The zero-order chi connectivity index (χ0) is 21.3. The molecule has 1 heterocycles. The number of nitrogens with one attached hydrogen (secondary N) is 1. The van der Waals surface area contributed by atoms with E-state index in [4.69, 9.17) is 4.74 Å². The van der Waals surface area contributed by atoms with Gasteiger partial charge in [-0.3, -0.25) is 9.59 Å². The highest BCUT2D eigenvalue weighted by Gasteiger charge is 2.40. The third-order valence-electron chi connectivity index (χ3n) is 5.12. The fourth-order valence-electron chi connectivity index (χ4n) is 3.61. The summed E-state index contributed by atoms with van der Waals surface area (Å²) in [6.45, 7) is 3.84. The Morgan fingerprint density at radius 3 is 2.23 bits per heavy atom. The average molecular weight is 398 g/mol. The van der Waals surface area contributed by atoms with E-state index in [0.29, 0.717) is 28.3 Å². The topological polar surface area (TPSA) is 58.6 Å². The van der Waals surface area contributed by atoms with Crippen LogP contribution >= 0.6 is 0 Å². The quantitative estimate of drug-likeness (QED) is 0.633. The van der Waals surface area contributed by atoms with E-state index in [0.717, 1.165) is 11.1 Å². The summed E-state index contributed by atoms with van der Waals surface area (Å²) in [5.41, 5.74) is 4.32. The number of amides is 2. The van der Waals surface area contributed by atoms with E-state index in [-0.39, 0.29) is 11.6 Å². The fourth-order valence-corrected chi connectivity index (χ4v) is 3.61. The van der Waals surface area contributed by atoms with Crippen molar-refractivity contribution < 1.29 is 14.3 Å². The van der Waals surface area contributed by atoms with Crippen molar-refractivity contribution in [2.45, 2.75) is 13.8 Å². The number of para-hydroxylation sites is 1. The van der Waals surface area contributed by atoms with Crippen LogP contribution < -0.4 is 15.0 Å². The largest absolute Gasteiger partial charge is 0.495 e. The Kier molecular flexibility index (Phi) is 5.11. The van der Waals surface area contributed by atoms with Crippen molar-refractivity contribution in [3.05, 3.63) is 95.2 Å². The standard InChI is InChI=1S/C25H22N2O3/c1-16-13-14-21(30-3)19(15-16)26-23-22(18-10-5-4-6-11-18)24(28)27(25(23)29)20-12-8-7-9-17(20)2/h4-15,26H,1-3H3. The van der Waals surface area contributed by atoms with Crippen molar-refractivity contribution in [2.75, 3.05) is 17.3 Å².